The van der Waals surface area contributed by atoms with Gasteiger partial charge >= 0.3 is 0 Å². The molecule has 0 fully saturated rings. The summed E-state index contributed by atoms with van der Waals surface area (Å²) in [6.45, 7) is 17.1. The molecule has 16 heavy (non-hydrogen) atoms. The fourth-order valence-electron chi connectivity index (χ4n) is 2.38. The highest BCUT2D eigenvalue weighted by atomic mass is 15.2. The van der Waals surface area contributed by atoms with Crippen molar-refractivity contribution in [1.82, 2.24) is 4.90 Å². The van der Waals surface area contributed by atoms with Crippen molar-refractivity contribution >= 4 is 0 Å². The molecule has 96 valence electrons. The Hall–Kier alpha value is -0.340. The number of allylic oxidation sites excluding steroid dienone is 1. The Morgan fingerprint density at radius 2 is 1.81 bits per heavy atom. The van der Waals surface area contributed by atoms with E-state index < -0.39 is 0 Å². The van der Waals surface area contributed by atoms with Gasteiger partial charge in [0.2, 0.25) is 0 Å². The first-order valence-corrected chi connectivity index (χ1v) is 6.57. The van der Waals surface area contributed by atoms with Crippen LogP contribution in [0.5, 0.6) is 0 Å². The summed E-state index contributed by atoms with van der Waals surface area (Å²) in [4.78, 5) is 2.48. The van der Waals surface area contributed by atoms with E-state index in [0.29, 0.717) is 0 Å². The van der Waals surface area contributed by atoms with Gasteiger partial charge in [0, 0.05) is 11.6 Å². The van der Waals surface area contributed by atoms with Crippen LogP contribution < -0.4 is 5.73 Å². The molecule has 2 nitrogen and oxygen atoms in total. The van der Waals surface area contributed by atoms with Crippen LogP contribution in [0, 0.1) is 0 Å². The molecule has 0 aliphatic carbocycles. The van der Waals surface area contributed by atoms with Gasteiger partial charge in [-0.1, -0.05) is 26.3 Å². The molecule has 0 aromatic heterocycles. The van der Waals surface area contributed by atoms with Crippen LogP contribution in [0.25, 0.3) is 0 Å². The zero-order valence-electron chi connectivity index (χ0n) is 11.8. The third-order valence-corrected chi connectivity index (χ3v) is 3.88. The zero-order chi connectivity index (χ0) is 12.8. The van der Waals surface area contributed by atoms with Crippen LogP contribution >= 0.6 is 0 Å². The van der Waals surface area contributed by atoms with Gasteiger partial charge < -0.3 is 5.73 Å². The van der Waals surface area contributed by atoms with E-state index in [-0.39, 0.29) is 11.6 Å². The molecule has 0 aliphatic heterocycles. The highest BCUT2D eigenvalue weighted by Gasteiger charge is 2.34. The van der Waals surface area contributed by atoms with Gasteiger partial charge in [-0.2, -0.15) is 0 Å². The van der Waals surface area contributed by atoms with Crippen LogP contribution in [-0.4, -0.2) is 29.6 Å². The van der Waals surface area contributed by atoms with E-state index in [0.717, 1.165) is 32.4 Å². The van der Waals surface area contributed by atoms with Crippen molar-refractivity contribution in [1.29, 1.82) is 0 Å². The molecule has 2 unspecified atom stereocenters. The molecule has 0 bridgehead atoms. The molecular weight excluding hydrogens is 196 g/mol. The fraction of sp³-hybridized carbons (Fsp3) is 0.857. The van der Waals surface area contributed by atoms with E-state index >= 15 is 0 Å². The van der Waals surface area contributed by atoms with E-state index in [1.165, 1.54) is 5.57 Å². The van der Waals surface area contributed by atoms with Gasteiger partial charge in [-0.15, -0.1) is 6.58 Å². The maximum Gasteiger partial charge on any atom is 0.0329 e. The van der Waals surface area contributed by atoms with E-state index in [9.17, 15) is 0 Å². The first-order valence-electron chi connectivity index (χ1n) is 6.57. The maximum atomic E-state index is 6.38. The molecule has 0 aliphatic rings. The molecule has 0 aromatic carbocycles. The smallest absolute Gasteiger partial charge is 0.0329 e. The van der Waals surface area contributed by atoms with E-state index in [2.05, 4.69) is 46.1 Å². The lowest BCUT2D eigenvalue weighted by Gasteiger charge is -2.44. The maximum absolute atomic E-state index is 6.38. The van der Waals surface area contributed by atoms with Crippen molar-refractivity contribution in [3.05, 3.63) is 12.2 Å². The van der Waals surface area contributed by atoms with E-state index in [1.54, 1.807) is 0 Å². The molecule has 0 amide bonds. The van der Waals surface area contributed by atoms with Crippen LogP contribution in [0.1, 0.15) is 53.9 Å². The van der Waals surface area contributed by atoms with E-state index in [1.807, 2.05) is 0 Å². The third-order valence-electron chi connectivity index (χ3n) is 3.88. The van der Waals surface area contributed by atoms with Crippen LogP contribution in [0.15, 0.2) is 12.2 Å². The second kappa shape index (κ2) is 7.08. The Kier molecular flexibility index (Phi) is 6.93. The van der Waals surface area contributed by atoms with Crippen molar-refractivity contribution in [2.45, 2.75) is 65.5 Å². The van der Waals surface area contributed by atoms with Gasteiger partial charge in [-0.3, -0.25) is 4.90 Å². The molecule has 0 aromatic rings. The van der Waals surface area contributed by atoms with Crippen LogP contribution in [0.2, 0.25) is 0 Å². The minimum atomic E-state index is 0.124. The molecule has 0 saturated carbocycles. The lowest BCUT2D eigenvalue weighted by molar-refractivity contribution is 0.0815. The Morgan fingerprint density at radius 1 is 1.31 bits per heavy atom. The zero-order valence-corrected chi connectivity index (χ0v) is 11.8. The minimum absolute atomic E-state index is 0.124. The van der Waals surface area contributed by atoms with Gasteiger partial charge in [0.25, 0.3) is 0 Å². The summed E-state index contributed by atoms with van der Waals surface area (Å²) in [5, 5.41) is 0. The second-order valence-corrected chi connectivity index (χ2v) is 4.99. The number of hydrogen-bond donors (Lipinski definition) is 1. The van der Waals surface area contributed by atoms with Crippen LogP contribution in [0.4, 0.5) is 0 Å². The number of likely N-dealkylation sites (N-methyl/N-ethyl adjacent to an activating group) is 1. The summed E-state index contributed by atoms with van der Waals surface area (Å²) in [5.74, 6) is 0. The van der Waals surface area contributed by atoms with E-state index in [4.69, 9.17) is 5.73 Å². The van der Waals surface area contributed by atoms with Gasteiger partial charge in [0.15, 0.2) is 0 Å². The number of rotatable bonds is 8. The van der Waals surface area contributed by atoms with Crippen molar-refractivity contribution in [3.8, 4) is 0 Å². The molecule has 0 radical (unpaired) electrons. The first kappa shape index (κ1) is 15.7. The summed E-state index contributed by atoms with van der Waals surface area (Å²) in [6, 6.07) is 0.231. The Morgan fingerprint density at radius 3 is 2.12 bits per heavy atom. The lowest BCUT2D eigenvalue weighted by Crippen LogP contribution is -2.57. The summed E-state index contributed by atoms with van der Waals surface area (Å²) in [7, 11) is 0. The van der Waals surface area contributed by atoms with Gasteiger partial charge in [0.05, 0.1) is 0 Å². The molecular formula is C14H30N2. The first-order chi connectivity index (χ1) is 7.42. The van der Waals surface area contributed by atoms with Gasteiger partial charge in [0.1, 0.15) is 0 Å². The largest absolute Gasteiger partial charge is 0.326 e. The number of nitrogens with two attached hydrogens (primary N) is 1. The topological polar surface area (TPSA) is 29.3 Å². The molecule has 0 spiro atoms. The quantitative estimate of drug-likeness (QED) is 0.644. The highest BCUT2D eigenvalue weighted by molar-refractivity contribution is 4.97. The number of hydrogen-bond acceptors (Lipinski definition) is 2. The predicted octanol–water partition coefficient (Wildman–Crippen LogP) is 3.18. The van der Waals surface area contributed by atoms with Gasteiger partial charge in [-0.25, -0.2) is 0 Å². The van der Waals surface area contributed by atoms with Crippen LogP contribution in [0.3, 0.4) is 0 Å². The molecule has 0 saturated heterocycles. The Bertz CT molecular complexity index is 209. The average Bonchev–Trinajstić information content (AvgIpc) is 2.26. The summed E-state index contributed by atoms with van der Waals surface area (Å²) < 4.78 is 0. The summed E-state index contributed by atoms with van der Waals surface area (Å²) in [5.41, 5.74) is 7.73. The monoisotopic (exact) mass is 226 g/mol. The SMILES string of the molecule is C=C(C)CCC(N)C(C)(CC)N(CC)CC. The van der Waals surface area contributed by atoms with Crippen LogP contribution in [-0.2, 0) is 0 Å². The highest BCUT2D eigenvalue weighted by Crippen LogP contribution is 2.25. The molecule has 2 atom stereocenters. The Balaban J connectivity index is 4.59. The fourth-order valence-corrected chi connectivity index (χ4v) is 2.38. The second-order valence-electron chi connectivity index (χ2n) is 4.99. The molecule has 0 heterocycles. The predicted molar refractivity (Wildman–Crippen MR) is 73.6 cm³/mol. The summed E-state index contributed by atoms with van der Waals surface area (Å²) >= 11 is 0. The Labute approximate surface area is 102 Å². The van der Waals surface area contributed by atoms with Crippen molar-refractivity contribution in [2.24, 2.45) is 5.73 Å². The minimum Gasteiger partial charge on any atom is -0.326 e. The molecule has 2 heteroatoms. The molecule has 0 rings (SSSR count). The lowest BCUT2D eigenvalue weighted by atomic mass is 9.84. The summed E-state index contributed by atoms with van der Waals surface area (Å²) in [6.07, 6.45) is 3.18. The standard InChI is InChI=1S/C14H30N2/c1-7-14(6,16(8-2)9-3)13(15)11-10-12(4)5/h13H,4,7-11,15H2,1-3,5-6H3. The van der Waals surface area contributed by atoms with Crippen molar-refractivity contribution < 1.29 is 0 Å². The van der Waals surface area contributed by atoms with Crippen molar-refractivity contribution in [2.75, 3.05) is 13.1 Å². The molecule has 2 N–H and O–H groups in total. The third kappa shape index (κ3) is 3.91. The normalized spacial score (nSPS) is 17.2. The van der Waals surface area contributed by atoms with Gasteiger partial charge in [-0.05, 0) is 46.2 Å². The van der Waals surface area contributed by atoms with Crippen molar-refractivity contribution in [3.63, 3.8) is 0 Å². The average molecular weight is 226 g/mol. The number of nitrogens with zero attached hydrogens (tertiary/aromatic N) is 1.